The molecule has 0 spiro atoms. The van der Waals surface area contributed by atoms with Crippen molar-refractivity contribution >= 4 is 36.0 Å². The van der Waals surface area contributed by atoms with Crippen molar-refractivity contribution in [2.45, 2.75) is 43.6 Å². The van der Waals surface area contributed by atoms with Gasteiger partial charge in [-0.3, -0.25) is 4.40 Å². The van der Waals surface area contributed by atoms with Gasteiger partial charge in [-0.05, 0) is 19.3 Å². The number of thiazole rings is 1. The molecule has 0 N–H and O–H groups in total. The van der Waals surface area contributed by atoms with E-state index >= 15 is 0 Å². The minimum absolute atomic E-state index is 0.196. The van der Waals surface area contributed by atoms with Gasteiger partial charge in [-0.25, -0.2) is 13.4 Å². The molecule has 0 radical (unpaired) electrons. The fourth-order valence-corrected chi connectivity index (χ4v) is 4.70. The van der Waals surface area contributed by atoms with Crippen molar-refractivity contribution in [1.29, 1.82) is 0 Å². The quantitative estimate of drug-likeness (QED) is 0.819. The standard InChI is InChI=1S/C11H13ClN2O2S2/c1-2-8-6-17-11-13-9(7-4-3-5-7)10(14(8)11)18(12,15)16/h6-7H,2-5H2,1H3. The van der Waals surface area contributed by atoms with Crippen LogP contribution < -0.4 is 0 Å². The molecule has 2 aromatic heterocycles. The van der Waals surface area contributed by atoms with Crippen molar-refractivity contribution < 1.29 is 8.42 Å². The molecule has 0 bridgehead atoms. The minimum Gasteiger partial charge on any atom is -0.277 e. The Kier molecular flexibility index (Phi) is 2.91. The van der Waals surface area contributed by atoms with E-state index in [0.717, 1.165) is 36.3 Å². The topological polar surface area (TPSA) is 51.4 Å². The number of aryl methyl sites for hydroxylation is 1. The van der Waals surface area contributed by atoms with Gasteiger partial charge in [0.2, 0.25) is 0 Å². The molecule has 1 fully saturated rings. The Bertz CT molecular complexity index is 698. The van der Waals surface area contributed by atoms with Crippen LogP contribution in [-0.2, 0) is 15.5 Å². The van der Waals surface area contributed by atoms with Gasteiger partial charge in [-0.15, -0.1) is 11.3 Å². The summed E-state index contributed by atoms with van der Waals surface area (Å²) in [5.41, 5.74) is 1.62. The van der Waals surface area contributed by atoms with Crippen LogP contribution >= 0.6 is 22.0 Å². The lowest BCUT2D eigenvalue weighted by atomic mass is 9.83. The van der Waals surface area contributed by atoms with Crippen molar-refractivity contribution in [3.63, 3.8) is 0 Å². The van der Waals surface area contributed by atoms with Crippen LogP contribution in [0.2, 0.25) is 0 Å². The van der Waals surface area contributed by atoms with Crippen LogP contribution in [0.3, 0.4) is 0 Å². The number of rotatable bonds is 3. The van der Waals surface area contributed by atoms with Gasteiger partial charge in [0.1, 0.15) is 0 Å². The van der Waals surface area contributed by atoms with E-state index in [1.165, 1.54) is 11.3 Å². The maximum atomic E-state index is 11.8. The smallest absolute Gasteiger partial charge is 0.277 e. The Labute approximate surface area is 114 Å². The molecule has 18 heavy (non-hydrogen) atoms. The molecule has 98 valence electrons. The van der Waals surface area contributed by atoms with Gasteiger partial charge in [0.05, 0.1) is 5.69 Å². The van der Waals surface area contributed by atoms with Crippen LogP contribution in [0.4, 0.5) is 0 Å². The molecule has 0 unspecified atom stereocenters. The summed E-state index contributed by atoms with van der Waals surface area (Å²) in [4.78, 5) is 5.22. The van der Waals surface area contributed by atoms with Crippen molar-refractivity contribution in [2.75, 3.05) is 0 Å². The summed E-state index contributed by atoms with van der Waals surface area (Å²) < 4.78 is 25.4. The second-order valence-corrected chi connectivity index (χ2v) is 7.88. The zero-order valence-corrected chi connectivity index (χ0v) is 12.3. The van der Waals surface area contributed by atoms with E-state index in [2.05, 4.69) is 4.98 Å². The number of halogens is 1. The van der Waals surface area contributed by atoms with Crippen LogP contribution in [0.1, 0.15) is 43.5 Å². The largest absolute Gasteiger partial charge is 0.279 e. The van der Waals surface area contributed by atoms with E-state index in [4.69, 9.17) is 10.7 Å². The van der Waals surface area contributed by atoms with E-state index in [0.29, 0.717) is 5.69 Å². The molecule has 2 heterocycles. The van der Waals surface area contributed by atoms with Crippen molar-refractivity contribution in [3.8, 4) is 0 Å². The predicted molar refractivity (Wildman–Crippen MR) is 72.1 cm³/mol. The monoisotopic (exact) mass is 304 g/mol. The van der Waals surface area contributed by atoms with Gasteiger partial charge in [0, 0.05) is 27.7 Å². The van der Waals surface area contributed by atoms with Crippen molar-refractivity contribution in [1.82, 2.24) is 9.38 Å². The normalized spacial score (nSPS) is 17.2. The Morgan fingerprint density at radius 1 is 1.56 bits per heavy atom. The first kappa shape index (κ1) is 12.4. The van der Waals surface area contributed by atoms with Gasteiger partial charge in [-0.1, -0.05) is 13.3 Å². The van der Waals surface area contributed by atoms with Crippen LogP contribution in [0.25, 0.3) is 4.96 Å². The fourth-order valence-electron chi connectivity index (χ4n) is 2.33. The highest BCUT2D eigenvalue weighted by atomic mass is 35.7. The Morgan fingerprint density at radius 3 is 2.78 bits per heavy atom. The molecular formula is C11H13ClN2O2S2. The van der Waals surface area contributed by atoms with E-state index in [1.807, 2.05) is 12.3 Å². The lowest BCUT2D eigenvalue weighted by Crippen LogP contribution is -2.13. The van der Waals surface area contributed by atoms with Crippen LogP contribution in [0.15, 0.2) is 10.4 Å². The number of hydrogen-bond donors (Lipinski definition) is 0. The third-order valence-electron chi connectivity index (χ3n) is 3.50. The molecule has 0 saturated heterocycles. The summed E-state index contributed by atoms with van der Waals surface area (Å²) in [5.74, 6) is 0.255. The maximum Gasteiger partial charge on any atom is 0.279 e. The van der Waals surface area contributed by atoms with E-state index < -0.39 is 9.05 Å². The number of hydrogen-bond acceptors (Lipinski definition) is 4. The Balaban J connectivity index is 2.32. The molecule has 0 amide bonds. The second-order valence-electron chi connectivity index (χ2n) is 4.57. The van der Waals surface area contributed by atoms with Gasteiger partial charge in [-0.2, -0.15) is 0 Å². The lowest BCUT2D eigenvalue weighted by molar-refractivity contribution is 0.405. The zero-order chi connectivity index (χ0) is 12.9. The first-order valence-electron chi connectivity index (χ1n) is 5.95. The lowest BCUT2D eigenvalue weighted by Gasteiger charge is -2.24. The molecule has 0 atom stereocenters. The average Bonchev–Trinajstić information content (AvgIpc) is 2.70. The maximum absolute atomic E-state index is 11.8. The SMILES string of the molecule is CCc1csc2nc(C3CCC3)c(S(=O)(=O)Cl)n12. The highest BCUT2D eigenvalue weighted by Crippen LogP contribution is 2.41. The Morgan fingerprint density at radius 2 is 2.28 bits per heavy atom. The molecule has 3 rings (SSSR count). The highest BCUT2D eigenvalue weighted by molar-refractivity contribution is 8.13. The molecule has 1 aliphatic carbocycles. The predicted octanol–water partition coefficient (Wildman–Crippen LogP) is 3.15. The molecule has 4 nitrogen and oxygen atoms in total. The summed E-state index contributed by atoms with van der Waals surface area (Å²) in [5, 5.41) is 2.14. The molecule has 1 aliphatic rings. The molecule has 1 saturated carbocycles. The first-order valence-corrected chi connectivity index (χ1v) is 9.14. The molecular weight excluding hydrogens is 292 g/mol. The Hall–Kier alpha value is -0.590. The molecule has 7 heteroatoms. The number of fused-ring (bicyclic) bond motifs is 1. The average molecular weight is 305 g/mol. The highest BCUT2D eigenvalue weighted by Gasteiger charge is 2.32. The van der Waals surface area contributed by atoms with Crippen molar-refractivity contribution in [2.24, 2.45) is 0 Å². The van der Waals surface area contributed by atoms with Gasteiger partial charge in [0.15, 0.2) is 9.99 Å². The van der Waals surface area contributed by atoms with Crippen molar-refractivity contribution in [3.05, 3.63) is 16.8 Å². The fraction of sp³-hybridized carbons (Fsp3) is 0.545. The summed E-state index contributed by atoms with van der Waals surface area (Å²) in [7, 11) is 1.85. The zero-order valence-electron chi connectivity index (χ0n) is 9.89. The van der Waals surface area contributed by atoms with E-state index in [1.54, 1.807) is 4.40 Å². The summed E-state index contributed by atoms with van der Waals surface area (Å²) in [6, 6.07) is 0. The number of aromatic nitrogens is 2. The molecule has 0 aliphatic heterocycles. The minimum atomic E-state index is -3.76. The first-order chi connectivity index (χ1) is 8.52. The number of nitrogens with zero attached hydrogens (tertiary/aromatic N) is 2. The number of imidazole rings is 1. The van der Waals surface area contributed by atoms with Gasteiger partial charge >= 0.3 is 0 Å². The third-order valence-corrected chi connectivity index (χ3v) is 5.67. The van der Waals surface area contributed by atoms with Crippen LogP contribution in [0, 0.1) is 0 Å². The summed E-state index contributed by atoms with van der Waals surface area (Å²) in [6.45, 7) is 2.00. The second kappa shape index (κ2) is 4.21. The van der Waals surface area contributed by atoms with Crippen LogP contribution in [0.5, 0.6) is 0 Å². The van der Waals surface area contributed by atoms with Crippen LogP contribution in [-0.4, -0.2) is 17.8 Å². The van der Waals surface area contributed by atoms with E-state index in [9.17, 15) is 8.42 Å². The third kappa shape index (κ3) is 1.78. The van der Waals surface area contributed by atoms with Gasteiger partial charge in [0.25, 0.3) is 9.05 Å². The van der Waals surface area contributed by atoms with Gasteiger partial charge < -0.3 is 0 Å². The molecule has 2 aromatic rings. The molecule has 0 aromatic carbocycles. The summed E-state index contributed by atoms with van der Waals surface area (Å²) in [6.07, 6.45) is 3.91. The summed E-state index contributed by atoms with van der Waals surface area (Å²) >= 11 is 1.47. The van der Waals surface area contributed by atoms with E-state index in [-0.39, 0.29) is 10.9 Å².